The van der Waals surface area contributed by atoms with E-state index in [1.165, 1.54) is 0 Å². The zero-order valence-corrected chi connectivity index (χ0v) is 9.99. The van der Waals surface area contributed by atoms with Gasteiger partial charge in [-0.15, -0.1) is 0 Å². The fraction of sp³-hybridized carbons (Fsp3) is 0.556. The third kappa shape index (κ3) is 2.56. The maximum Gasteiger partial charge on any atom is 0.124 e. The van der Waals surface area contributed by atoms with Gasteiger partial charge in [0.05, 0.1) is 6.61 Å². The van der Waals surface area contributed by atoms with Crippen LogP contribution in [0.15, 0.2) is 22.0 Å². The van der Waals surface area contributed by atoms with Crippen LogP contribution >= 0.6 is 23.2 Å². The van der Waals surface area contributed by atoms with Gasteiger partial charge in [0, 0.05) is 20.1 Å². The van der Waals surface area contributed by atoms with Gasteiger partial charge in [-0.05, 0) is 11.6 Å². The normalized spacial score (nSPS) is 19.2. The molecule has 1 heterocycles. The van der Waals surface area contributed by atoms with E-state index in [9.17, 15) is 0 Å². The number of allylic oxidation sites excluding steroid dienone is 1. The number of hydrogen-bond acceptors (Lipinski definition) is 3. The van der Waals surface area contributed by atoms with E-state index >= 15 is 0 Å². The molecule has 1 aliphatic heterocycles. The van der Waals surface area contributed by atoms with Crippen molar-refractivity contribution < 1.29 is 4.74 Å². The number of ether oxygens (including phenoxy) is 1. The molecule has 1 atom stereocenters. The second-order valence-electron chi connectivity index (χ2n) is 3.26. The second kappa shape index (κ2) is 4.91. The molecule has 0 bridgehead atoms. The van der Waals surface area contributed by atoms with Crippen LogP contribution in [0.1, 0.15) is 6.92 Å². The minimum atomic E-state index is 0.224. The maximum atomic E-state index is 6.04. The first kappa shape index (κ1) is 11.7. The Kier molecular flexibility index (Phi) is 4.11. The van der Waals surface area contributed by atoms with Gasteiger partial charge in [-0.1, -0.05) is 30.1 Å². The Hall–Kier alpha value is -0.380. The van der Waals surface area contributed by atoms with Crippen molar-refractivity contribution in [3.8, 4) is 0 Å². The Morgan fingerprint density at radius 3 is 2.79 bits per heavy atom. The van der Waals surface area contributed by atoms with Gasteiger partial charge < -0.3 is 4.74 Å². The maximum absolute atomic E-state index is 6.04. The van der Waals surface area contributed by atoms with Gasteiger partial charge in [-0.3, -0.25) is 10.4 Å². The van der Waals surface area contributed by atoms with Crippen molar-refractivity contribution in [1.29, 1.82) is 0 Å². The van der Waals surface area contributed by atoms with Crippen molar-refractivity contribution in [1.82, 2.24) is 10.4 Å². The van der Waals surface area contributed by atoms with Crippen LogP contribution in [0.5, 0.6) is 0 Å². The van der Waals surface area contributed by atoms with E-state index in [1.807, 2.05) is 13.0 Å². The van der Waals surface area contributed by atoms with Crippen LogP contribution < -0.4 is 5.43 Å². The van der Waals surface area contributed by atoms with Gasteiger partial charge in [0.2, 0.25) is 0 Å². The van der Waals surface area contributed by atoms with Gasteiger partial charge in [0.1, 0.15) is 10.3 Å². The van der Waals surface area contributed by atoms with E-state index in [1.54, 1.807) is 19.2 Å². The highest BCUT2D eigenvalue weighted by atomic mass is 35.5. The quantitative estimate of drug-likeness (QED) is 0.762. The van der Waals surface area contributed by atoms with E-state index in [2.05, 4.69) is 5.43 Å². The predicted octanol–water partition coefficient (Wildman–Crippen LogP) is 2.25. The number of hydrazine groups is 1. The summed E-state index contributed by atoms with van der Waals surface area (Å²) in [6.45, 7) is 2.66. The van der Waals surface area contributed by atoms with Crippen molar-refractivity contribution >= 4 is 23.2 Å². The van der Waals surface area contributed by atoms with Crippen molar-refractivity contribution in [2.24, 2.45) is 5.92 Å². The summed E-state index contributed by atoms with van der Waals surface area (Å²) in [5.41, 5.74) is 3.91. The topological polar surface area (TPSA) is 24.5 Å². The largest absolute Gasteiger partial charge is 0.384 e. The average molecular weight is 237 g/mol. The summed E-state index contributed by atoms with van der Waals surface area (Å²) in [7, 11) is 3.47. The number of halogens is 2. The zero-order valence-electron chi connectivity index (χ0n) is 8.47. The minimum Gasteiger partial charge on any atom is -0.384 e. The molecule has 0 amide bonds. The summed E-state index contributed by atoms with van der Waals surface area (Å²) in [6.07, 6.45) is 1.85. The molecule has 80 valence electrons. The Balaban J connectivity index is 2.82. The molecule has 0 aliphatic carbocycles. The Bertz CT molecular complexity index is 276. The van der Waals surface area contributed by atoms with Gasteiger partial charge in [0.15, 0.2) is 0 Å². The Morgan fingerprint density at radius 2 is 2.21 bits per heavy atom. The monoisotopic (exact) mass is 236 g/mol. The van der Waals surface area contributed by atoms with Gasteiger partial charge in [-0.2, -0.15) is 0 Å². The van der Waals surface area contributed by atoms with Crippen molar-refractivity contribution in [3.63, 3.8) is 0 Å². The SMILES string of the molecule is COCC(C)C1=C(Cl)NN(C)C(Cl)=C1. The molecule has 0 saturated heterocycles. The summed E-state index contributed by atoms with van der Waals surface area (Å²) in [5.74, 6) is 0.224. The molecule has 5 heteroatoms. The highest BCUT2D eigenvalue weighted by molar-refractivity contribution is 6.32. The van der Waals surface area contributed by atoms with Crippen LogP contribution in [-0.4, -0.2) is 25.8 Å². The zero-order chi connectivity index (χ0) is 10.7. The van der Waals surface area contributed by atoms with Crippen molar-refractivity contribution in [2.75, 3.05) is 20.8 Å². The van der Waals surface area contributed by atoms with E-state index in [0.29, 0.717) is 16.9 Å². The summed E-state index contributed by atoms with van der Waals surface area (Å²) in [5, 5.41) is 2.88. The lowest BCUT2D eigenvalue weighted by Crippen LogP contribution is -2.34. The third-order valence-corrected chi connectivity index (χ3v) is 2.73. The standard InChI is InChI=1S/C9H14Cl2N2O/c1-6(5-14-3)7-4-8(10)13(2)12-9(7)11/h4,6,12H,5H2,1-3H3. The van der Waals surface area contributed by atoms with Gasteiger partial charge in [0.25, 0.3) is 0 Å². The number of nitrogens with zero attached hydrogens (tertiary/aromatic N) is 1. The van der Waals surface area contributed by atoms with Gasteiger partial charge in [-0.25, -0.2) is 0 Å². The Labute approximate surface area is 94.3 Å². The molecule has 14 heavy (non-hydrogen) atoms. The number of rotatable bonds is 3. The number of methoxy groups -OCH3 is 1. The average Bonchev–Trinajstić information content (AvgIpc) is 2.11. The smallest absolute Gasteiger partial charge is 0.124 e. The molecule has 0 aromatic carbocycles. The predicted molar refractivity (Wildman–Crippen MR) is 58.8 cm³/mol. The molecule has 0 spiro atoms. The molecule has 0 aromatic heterocycles. The fourth-order valence-electron chi connectivity index (χ4n) is 1.25. The highest BCUT2D eigenvalue weighted by Gasteiger charge is 2.18. The van der Waals surface area contributed by atoms with Crippen LogP contribution in [-0.2, 0) is 4.74 Å². The molecule has 0 saturated carbocycles. The van der Waals surface area contributed by atoms with Crippen LogP contribution in [0.4, 0.5) is 0 Å². The fourth-order valence-corrected chi connectivity index (χ4v) is 1.78. The molecule has 0 aromatic rings. The summed E-state index contributed by atoms with van der Waals surface area (Å²) >= 11 is 12.0. The summed E-state index contributed by atoms with van der Waals surface area (Å²) in [4.78, 5) is 0. The minimum absolute atomic E-state index is 0.224. The summed E-state index contributed by atoms with van der Waals surface area (Å²) < 4.78 is 5.06. The van der Waals surface area contributed by atoms with Crippen LogP contribution in [0, 0.1) is 5.92 Å². The first-order chi connectivity index (χ1) is 6.56. The molecule has 0 radical (unpaired) electrons. The third-order valence-electron chi connectivity index (χ3n) is 2.06. The summed E-state index contributed by atoms with van der Waals surface area (Å²) in [6, 6.07) is 0. The molecule has 1 rings (SSSR count). The number of hydrogen-bond donors (Lipinski definition) is 1. The lowest BCUT2D eigenvalue weighted by Gasteiger charge is -2.27. The molecule has 0 fully saturated rings. The molecule has 1 aliphatic rings. The molecule has 3 nitrogen and oxygen atoms in total. The Morgan fingerprint density at radius 1 is 1.57 bits per heavy atom. The van der Waals surface area contributed by atoms with Gasteiger partial charge >= 0.3 is 0 Å². The van der Waals surface area contributed by atoms with Crippen LogP contribution in [0.25, 0.3) is 0 Å². The lowest BCUT2D eigenvalue weighted by molar-refractivity contribution is 0.172. The molecular weight excluding hydrogens is 223 g/mol. The van der Waals surface area contributed by atoms with Crippen molar-refractivity contribution in [2.45, 2.75) is 6.92 Å². The lowest BCUT2D eigenvalue weighted by atomic mass is 10.0. The first-order valence-electron chi connectivity index (χ1n) is 4.32. The van der Waals surface area contributed by atoms with Crippen LogP contribution in [0.2, 0.25) is 0 Å². The second-order valence-corrected chi connectivity index (χ2v) is 4.03. The first-order valence-corrected chi connectivity index (χ1v) is 5.08. The molecule has 1 unspecified atom stereocenters. The molecular formula is C9H14Cl2N2O. The highest BCUT2D eigenvalue weighted by Crippen LogP contribution is 2.26. The van der Waals surface area contributed by atoms with Crippen molar-refractivity contribution in [3.05, 3.63) is 22.0 Å². The van der Waals surface area contributed by atoms with E-state index in [-0.39, 0.29) is 5.92 Å². The van der Waals surface area contributed by atoms with E-state index in [0.717, 1.165) is 5.57 Å². The number of nitrogens with one attached hydrogen (secondary N) is 1. The van der Waals surface area contributed by atoms with E-state index < -0.39 is 0 Å². The molecule has 1 N–H and O–H groups in total. The van der Waals surface area contributed by atoms with Crippen LogP contribution in [0.3, 0.4) is 0 Å². The van der Waals surface area contributed by atoms with E-state index in [4.69, 9.17) is 27.9 Å².